The van der Waals surface area contributed by atoms with Gasteiger partial charge in [0.25, 0.3) is 0 Å². The van der Waals surface area contributed by atoms with Crippen molar-refractivity contribution in [1.82, 2.24) is 0 Å². The zero-order valence-corrected chi connectivity index (χ0v) is 9.23. The van der Waals surface area contributed by atoms with Gasteiger partial charge in [-0.15, -0.1) is 0 Å². The lowest BCUT2D eigenvalue weighted by molar-refractivity contribution is 0.182. The Morgan fingerprint density at radius 1 is 1.44 bits per heavy atom. The standard InChI is InChI=1S/C12H12N2O2/c1-8-11(13-12(15)16-3)9-6-4-5-7-10(9)14(8)2/h4-7H,1H2,2-3H3/b13-11-. The fourth-order valence-corrected chi connectivity index (χ4v) is 1.69. The van der Waals surface area contributed by atoms with Gasteiger partial charge in [0.05, 0.1) is 18.5 Å². The average molecular weight is 216 g/mol. The van der Waals surface area contributed by atoms with Gasteiger partial charge in [-0.05, 0) is 6.07 Å². The van der Waals surface area contributed by atoms with E-state index in [1.165, 1.54) is 7.11 Å². The molecule has 0 N–H and O–H groups in total. The van der Waals surface area contributed by atoms with Crippen molar-refractivity contribution in [1.29, 1.82) is 0 Å². The normalized spacial score (nSPS) is 16.5. The molecule has 0 saturated carbocycles. The largest absolute Gasteiger partial charge is 0.451 e. The lowest BCUT2D eigenvalue weighted by atomic mass is 10.1. The van der Waals surface area contributed by atoms with E-state index in [4.69, 9.17) is 0 Å². The van der Waals surface area contributed by atoms with Crippen LogP contribution in [0.3, 0.4) is 0 Å². The SMILES string of the molecule is C=C1/C(=N/C(=O)OC)c2ccccc2N1C. The molecule has 0 bridgehead atoms. The fraction of sp³-hybridized carbons (Fsp3) is 0.167. The molecule has 1 aromatic carbocycles. The highest BCUT2D eigenvalue weighted by Gasteiger charge is 2.26. The number of amides is 1. The molecular formula is C12H12N2O2. The molecule has 0 aromatic heterocycles. The highest BCUT2D eigenvalue weighted by atomic mass is 16.5. The summed E-state index contributed by atoms with van der Waals surface area (Å²) >= 11 is 0. The molecule has 0 aliphatic carbocycles. The highest BCUT2D eigenvalue weighted by Crippen LogP contribution is 2.32. The first-order valence-corrected chi connectivity index (χ1v) is 4.84. The van der Waals surface area contributed by atoms with Crippen LogP contribution in [0.15, 0.2) is 41.5 Å². The summed E-state index contributed by atoms with van der Waals surface area (Å²) in [6, 6.07) is 7.70. The molecule has 1 aliphatic heterocycles. The van der Waals surface area contributed by atoms with Gasteiger partial charge in [-0.1, -0.05) is 24.8 Å². The molecule has 1 heterocycles. The Morgan fingerprint density at radius 3 is 2.81 bits per heavy atom. The summed E-state index contributed by atoms with van der Waals surface area (Å²) in [5.41, 5.74) is 3.17. The number of nitrogens with zero attached hydrogens (tertiary/aromatic N) is 2. The molecule has 1 aliphatic rings. The number of aliphatic imine (C=N–C) groups is 1. The summed E-state index contributed by atoms with van der Waals surface area (Å²) in [5.74, 6) is 0. The number of ether oxygens (including phenoxy) is 1. The van der Waals surface area contributed by atoms with Crippen molar-refractivity contribution in [2.75, 3.05) is 19.1 Å². The number of para-hydroxylation sites is 1. The van der Waals surface area contributed by atoms with Gasteiger partial charge in [0, 0.05) is 12.6 Å². The van der Waals surface area contributed by atoms with Crippen LogP contribution in [0.5, 0.6) is 0 Å². The number of methoxy groups -OCH3 is 1. The number of carbonyl (C=O) groups is 1. The molecule has 1 aromatic rings. The zero-order valence-electron chi connectivity index (χ0n) is 9.23. The molecule has 82 valence electrons. The van der Waals surface area contributed by atoms with Gasteiger partial charge in [-0.25, -0.2) is 4.79 Å². The first-order valence-electron chi connectivity index (χ1n) is 4.84. The molecule has 0 radical (unpaired) electrons. The van der Waals surface area contributed by atoms with Crippen LogP contribution in [0.2, 0.25) is 0 Å². The number of fused-ring (bicyclic) bond motifs is 1. The third kappa shape index (κ3) is 1.48. The second kappa shape index (κ2) is 3.81. The van der Waals surface area contributed by atoms with Crippen LogP contribution in [-0.4, -0.2) is 26.0 Å². The maximum Gasteiger partial charge on any atom is 0.433 e. The minimum absolute atomic E-state index is 0.574. The smallest absolute Gasteiger partial charge is 0.433 e. The topological polar surface area (TPSA) is 41.9 Å². The van der Waals surface area contributed by atoms with Gasteiger partial charge >= 0.3 is 6.09 Å². The van der Waals surface area contributed by atoms with Crippen LogP contribution in [-0.2, 0) is 4.74 Å². The molecule has 0 unspecified atom stereocenters. The third-order valence-corrected chi connectivity index (χ3v) is 2.58. The van der Waals surface area contributed by atoms with Crippen LogP contribution in [0.1, 0.15) is 5.56 Å². The molecule has 0 atom stereocenters. The van der Waals surface area contributed by atoms with E-state index in [-0.39, 0.29) is 0 Å². The number of hydrogen-bond acceptors (Lipinski definition) is 3. The summed E-state index contributed by atoms with van der Waals surface area (Å²) in [7, 11) is 3.20. The molecular weight excluding hydrogens is 204 g/mol. The van der Waals surface area contributed by atoms with Gasteiger partial charge in [0.15, 0.2) is 0 Å². The van der Waals surface area contributed by atoms with E-state index >= 15 is 0 Å². The van der Waals surface area contributed by atoms with Gasteiger partial charge < -0.3 is 9.64 Å². The van der Waals surface area contributed by atoms with Crippen molar-refractivity contribution < 1.29 is 9.53 Å². The Balaban J connectivity index is 2.53. The molecule has 0 spiro atoms. The molecule has 0 saturated heterocycles. The highest BCUT2D eigenvalue weighted by molar-refractivity contribution is 6.23. The second-order valence-corrected chi connectivity index (χ2v) is 3.45. The number of rotatable bonds is 0. The monoisotopic (exact) mass is 216 g/mol. The van der Waals surface area contributed by atoms with E-state index < -0.39 is 6.09 Å². The van der Waals surface area contributed by atoms with Crippen molar-refractivity contribution in [3.63, 3.8) is 0 Å². The van der Waals surface area contributed by atoms with E-state index in [9.17, 15) is 4.79 Å². The molecule has 1 amide bonds. The molecule has 0 fully saturated rings. The average Bonchev–Trinajstić information content (AvgIpc) is 2.55. The van der Waals surface area contributed by atoms with E-state index in [2.05, 4.69) is 16.3 Å². The van der Waals surface area contributed by atoms with Crippen LogP contribution in [0.25, 0.3) is 0 Å². The summed E-state index contributed by atoms with van der Waals surface area (Å²) in [4.78, 5) is 16.9. The predicted octanol–water partition coefficient (Wildman–Crippen LogP) is 2.21. The van der Waals surface area contributed by atoms with E-state index in [1.807, 2.05) is 36.2 Å². The Labute approximate surface area is 93.9 Å². The number of carbonyl (C=O) groups excluding carboxylic acids is 1. The first-order chi connectivity index (χ1) is 7.65. The predicted molar refractivity (Wildman–Crippen MR) is 62.9 cm³/mol. The number of benzene rings is 1. The molecule has 16 heavy (non-hydrogen) atoms. The van der Waals surface area contributed by atoms with Crippen molar-refractivity contribution >= 4 is 17.5 Å². The Hall–Kier alpha value is -2.10. The molecule has 4 nitrogen and oxygen atoms in total. The van der Waals surface area contributed by atoms with E-state index in [1.54, 1.807) is 0 Å². The van der Waals surface area contributed by atoms with Gasteiger partial charge in [-0.2, -0.15) is 4.99 Å². The summed E-state index contributed by atoms with van der Waals surface area (Å²) in [5, 5.41) is 0. The number of hydrogen-bond donors (Lipinski definition) is 0. The van der Waals surface area contributed by atoms with Crippen LogP contribution < -0.4 is 4.90 Å². The van der Waals surface area contributed by atoms with Gasteiger partial charge in [0.2, 0.25) is 0 Å². The maximum absolute atomic E-state index is 11.2. The van der Waals surface area contributed by atoms with Crippen molar-refractivity contribution in [2.24, 2.45) is 4.99 Å². The van der Waals surface area contributed by atoms with Gasteiger partial charge in [0.1, 0.15) is 5.71 Å². The quantitative estimate of drug-likeness (QED) is 0.667. The second-order valence-electron chi connectivity index (χ2n) is 3.45. The maximum atomic E-state index is 11.2. The Kier molecular flexibility index (Phi) is 2.48. The molecule has 4 heteroatoms. The van der Waals surface area contributed by atoms with Crippen LogP contribution in [0.4, 0.5) is 10.5 Å². The fourth-order valence-electron chi connectivity index (χ4n) is 1.69. The molecule has 2 rings (SSSR count). The van der Waals surface area contributed by atoms with E-state index in [0.717, 1.165) is 11.3 Å². The van der Waals surface area contributed by atoms with Crippen LogP contribution >= 0.6 is 0 Å². The van der Waals surface area contributed by atoms with Crippen molar-refractivity contribution in [3.8, 4) is 0 Å². The number of allylic oxidation sites excluding steroid dienone is 1. The van der Waals surface area contributed by atoms with Crippen LogP contribution in [0, 0.1) is 0 Å². The zero-order chi connectivity index (χ0) is 11.7. The van der Waals surface area contributed by atoms with Gasteiger partial charge in [-0.3, -0.25) is 0 Å². The third-order valence-electron chi connectivity index (χ3n) is 2.58. The minimum atomic E-state index is -0.610. The Morgan fingerprint density at radius 2 is 2.12 bits per heavy atom. The summed E-state index contributed by atoms with van der Waals surface area (Å²) in [6.45, 7) is 3.91. The minimum Gasteiger partial charge on any atom is -0.451 e. The number of likely N-dealkylation sites (N-methyl/N-ethyl adjacent to an activating group) is 1. The Bertz CT molecular complexity index is 492. The van der Waals surface area contributed by atoms with E-state index in [0.29, 0.717) is 11.4 Å². The lowest BCUT2D eigenvalue weighted by Crippen LogP contribution is -2.14. The summed E-state index contributed by atoms with van der Waals surface area (Å²) < 4.78 is 4.52. The van der Waals surface area contributed by atoms with Crippen molar-refractivity contribution in [3.05, 3.63) is 42.1 Å². The number of anilines is 1. The summed E-state index contributed by atoms with van der Waals surface area (Å²) in [6.07, 6.45) is -0.610. The van der Waals surface area contributed by atoms with Crippen molar-refractivity contribution in [2.45, 2.75) is 0 Å². The lowest BCUT2D eigenvalue weighted by Gasteiger charge is -2.11. The first kappa shape index (κ1) is 10.4.